The lowest BCUT2D eigenvalue weighted by Gasteiger charge is -1.97. The van der Waals surface area contributed by atoms with Crippen molar-refractivity contribution in [3.05, 3.63) is 12.3 Å². The minimum absolute atomic E-state index is 0.175. The summed E-state index contributed by atoms with van der Waals surface area (Å²) in [6.45, 7) is -0.252. The Morgan fingerprint density at radius 2 is 2.54 bits per heavy atom. The fraction of sp³-hybridized carbons (Fsp3) is 0.429. The number of nitrogens with one attached hydrogen (secondary N) is 1. The van der Waals surface area contributed by atoms with Gasteiger partial charge in [0.1, 0.15) is 6.67 Å². The third-order valence-corrected chi connectivity index (χ3v) is 1.85. The lowest BCUT2D eigenvalue weighted by Crippen LogP contribution is -2.13. The molecule has 0 aliphatic heterocycles. The zero-order chi connectivity index (χ0) is 9.68. The van der Waals surface area contributed by atoms with Gasteiger partial charge in [-0.3, -0.25) is 9.48 Å². The summed E-state index contributed by atoms with van der Waals surface area (Å²) in [4.78, 5) is 10.9. The molecule has 1 N–H and O–H groups in total. The molecular formula is C7H9BrFN3O. The van der Waals surface area contributed by atoms with Gasteiger partial charge in [0.15, 0.2) is 5.82 Å². The number of carbonyl (C=O) groups is 1. The lowest BCUT2D eigenvalue weighted by atomic mass is 10.6. The van der Waals surface area contributed by atoms with Gasteiger partial charge >= 0.3 is 0 Å². The number of carbonyl (C=O) groups excluding carboxylic acids is 1. The molecule has 4 nitrogen and oxygen atoms in total. The van der Waals surface area contributed by atoms with Crippen molar-refractivity contribution >= 4 is 27.7 Å². The van der Waals surface area contributed by atoms with E-state index in [2.05, 4.69) is 26.3 Å². The second kappa shape index (κ2) is 4.96. The van der Waals surface area contributed by atoms with Gasteiger partial charge in [0.05, 0.1) is 11.9 Å². The van der Waals surface area contributed by atoms with Crippen LogP contribution in [0.2, 0.25) is 0 Å². The molecule has 0 fully saturated rings. The number of halogens is 2. The maximum absolute atomic E-state index is 11.9. The molecule has 1 rings (SSSR count). The molecule has 0 saturated carbocycles. The average molecular weight is 250 g/mol. The molecule has 1 heterocycles. The van der Waals surface area contributed by atoms with Gasteiger partial charge in [0, 0.05) is 12.3 Å². The topological polar surface area (TPSA) is 46.9 Å². The van der Waals surface area contributed by atoms with Crippen LogP contribution in [-0.2, 0) is 11.3 Å². The van der Waals surface area contributed by atoms with E-state index in [4.69, 9.17) is 0 Å². The van der Waals surface area contributed by atoms with E-state index in [1.807, 2.05) is 0 Å². The highest BCUT2D eigenvalue weighted by atomic mass is 79.9. The molecule has 0 aliphatic carbocycles. The standard InChI is InChI=1S/C7H9BrFN3O/c8-5-7(13)10-6-1-3-12(11-6)4-2-9/h1,3H,2,4-5H2,(H,10,11,13). The van der Waals surface area contributed by atoms with Gasteiger partial charge in [-0.1, -0.05) is 15.9 Å². The van der Waals surface area contributed by atoms with Crippen LogP contribution in [0.25, 0.3) is 0 Å². The Kier molecular flexibility index (Phi) is 3.88. The first kappa shape index (κ1) is 10.2. The maximum Gasteiger partial charge on any atom is 0.236 e. The molecule has 0 radical (unpaired) electrons. The quantitative estimate of drug-likeness (QED) is 0.816. The molecule has 0 aromatic carbocycles. The van der Waals surface area contributed by atoms with Crippen LogP contribution < -0.4 is 5.32 Å². The van der Waals surface area contributed by atoms with E-state index in [0.29, 0.717) is 5.82 Å². The van der Waals surface area contributed by atoms with Crippen LogP contribution >= 0.6 is 15.9 Å². The second-order valence-electron chi connectivity index (χ2n) is 2.33. The molecule has 1 aromatic heterocycles. The van der Waals surface area contributed by atoms with Crippen LogP contribution in [0.5, 0.6) is 0 Å². The van der Waals surface area contributed by atoms with Crippen molar-refractivity contribution in [2.24, 2.45) is 0 Å². The molecule has 0 atom stereocenters. The van der Waals surface area contributed by atoms with Crippen molar-refractivity contribution in [3.63, 3.8) is 0 Å². The summed E-state index contributed by atoms with van der Waals surface area (Å²) >= 11 is 3.00. The van der Waals surface area contributed by atoms with Gasteiger partial charge in [0.25, 0.3) is 0 Å². The molecule has 72 valence electrons. The first-order valence-corrected chi connectivity index (χ1v) is 4.83. The highest BCUT2D eigenvalue weighted by molar-refractivity contribution is 9.09. The van der Waals surface area contributed by atoms with E-state index in [9.17, 15) is 9.18 Å². The van der Waals surface area contributed by atoms with Crippen molar-refractivity contribution in [2.45, 2.75) is 6.54 Å². The number of aromatic nitrogens is 2. The van der Waals surface area contributed by atoms with Crippen LogP contribution in [0.3, 0.4) is 0 Å². The SMILES string of the molecule is O=C(CBr)Nc1ccn(CCF)n1. The molecule has 1 amide bonds. The third kappa shape index (κ3) is 3.14. The summed E-state index contributed by atoms with van der Waals surface area (Å²) in [6, 6.07) is 1.62. The van der Waals surface area contributed by atoms with E-state index in [1.54, 1.807) is 12.3 Å². The van der Waals surface area contributed by atoms with Gasteiger partial charge < -0.3 is 5.32 Å². The Hall–Kier alpha value is -0.910. The molecule has 1 aromatic rings. The summed E-state index contributed by atoms with van der Waals surface area (Å²) in [5.41, 5.74) is 0. The normalized spacial score (nSPS) is 10.0. The van der Waals surface area contributed by atoms with Crippen LogP contribution in [-0.4, -0.2) is 27.7 Å². The van der Waals surface area contributed by atoms with E-state index >= 15 is 0 Å². The Morgan fingerprint density at radius 1 is 1.77 bits per heavy atom. The number of hydrogen-bond acceptors (Lipinski definition) is 2. The van der Waals surface area contributed by atoms with Crippen molar-refractivity contribution < 1.29 is 9.18 Å². The zero-order valence-electron chi connectivity index (χ0n) is 6.83. The fourth-order valence-electron chi connectivity index (χ4n) is 0.816. The monoisotopic (exact) mass is 249 g/mol. The predicted molar refractivity (Wildman–Crippen MR) is 50.6 cm³/mol. The molecule has 6 heteroatoms. The zero-order valence-corrected chi connectivity index (χ0v) is 8.42. The van der Waals surface area contributed by atoms with Crippen molar-refractivity contribution in [1.29, 1.82) is 0 Å². The number of alkyl halides is 2. The van der Waals surface area contributed by atoms with Crippen LogP contribution in [0.15, 0.2) is 12.3 Å². The number of nitrogens with zero attached hydrogens (tertiary/aromatic N) is 2. The summed E-state index contributed by atoms with van der Waals surface area (Å²) in [5.74, 6) is 0.267. The summed E-state index contributed by atoms with van der Waals surface area (Å²) in [7, 11) is 0. The number of amides is 1. The Morgan fingerprint density at radius 3 is 3.15 bits per heavy atom. The third-order valence-electron chi connectivity index (χ3n) is 1.34. The van der Waals surface area contributed by atoms with E-state index in [0.717, 1.165) is 0 Å². The van der Waals surface area contributed by atoms with Crippen molar-refractivity contribution in [3.8, 4) is 0 Å². The fourth-order valence-corrected chi connectivity index (χ4v) is 0.956. The van der Waals surface area contributed by atoms with E-state index in [1.165, 1.54) is 4.68 Å². The second-order valence-corrected chi connectivity index (χ2v) is 2.90. The number of anilines is 1. The summed E-state index contributed by atoms with van der Waals surface area (Å²) in [5, 5.41) is 6.67. The smallest absolute Gasteiger partial charge is 0.236 e. The Bertz CT molecular complexity index is 289. The molecule has 0 unspecified atom stereocenters. The van der Waals surface area contributed by atoms with Crippen molar-refractivity contribution in [1.82, 2.24) is 9.78 Å². The summed E-state index contributed by atoms with van der Waals surface area (Å²) < 4.78 is 13.3. The largest absolute Gasteiger partial charge is 0.308 e. The van der Waals surface area contributed by atoms with Crippen LogP contribution in [0.1, 0.15) is 0 Å². The molecule has 0 saturated heterocycles. The molecular weight excluding hydrogens is 241 g/mol. The molecule has 0 aliphatic rings. The molecule has 0 spiro atoms. The molecule has 13 heavy (non-hydrogen) atoms. The highest BCUT2D eigenvalue weighted by Crippen LogP contribution is 2.02. The van der Waals surface area contributed by atoms with Crippen LogP contribution in [0.4, 0.5) is 10.2 Å². The minimum atomic E-state index is -0.465. The van der Waals surface area contributed by atoms with Crippen molar-refractivity contribution in [2.75, 3.05) is 17.3 Å². The number of aryl methyl sites for hydroxylation is 1. The minimum Gasteiger partial charge on any atom is -0.308 e. The first-order chi connectivity index (χ1) is 6.26. The number of hydrogen-bond donors (Lipinski definition) is 1. The van der Waals surface area contributed by atoms with Gasteiger partial charge in [-0.15, -0.1) is 0 Å². The maximum atomic E-state index is 11.9. The molecule has 0 bridgehead atoms. The first-order valence-electron chi connectivity index (χ1n) is 3.71. The highest BCUT2D eigenvalue weighted by Gasteiger charge is 2.02. The van der Waals surface area contributed by atoms with Crippen LogP contribution in [0, 0.1) is 0 Å². The van der Waals surface area contributed by atoms with Gasteiger partial charge in [-0.2, -0.15) is 5.10 Å². The lowest BCUT2D eigenvalue weighted by molar-refractivity contribution is -0.113. The van der Waals surface area contributed by atoms with Gasteiger partial charge in [-0.05, 0) is 0 Å². The Labute approximate surface area is 83.2 Å². The Balaban J connectivity index is 2.53. The van der Waals surface area contributed by atoms with Gasteiger partial charge in [0.2, 0.25) is 5.91 Å². The summed E-state index contributed by atoms with van der Waals surface area (Å²) in [6.07, 6.45) is 1.61. The average Bonchev–Trinajstić information content (AvgIpc) is 2.53. The van der Waals surface area contributed by atoms with E-state index in [-0.39, 0.29) is 17.8 Å². The predicted octanol–water partition coefficient (Wildman–Crippen LogP) is 1.19. The van der Waals surface area contributed by atoms with E-state index < -0.39 is 6.67 Å². The number of rotatable bonds is 4. The van der Waals surface area contributed by atoms with Gasteiger partial charge in [-0.25, -0.2) is 4.39 Å².